The minimum Gasteiger partial charge on any atom is -0.480 e. The predicted molar refractivity (Wildman–Crippen MR) is 109 cm³/mol. The molecule has 6 atom stereocenters. The Morgan fingerprint density at radius 2 is 1.83 bits per heavy atom. The molecule has 2 N–H and O–H groups in total. The number of hydrogen-bond acceptors (Lipinski definition) is 5. The second-order valence-electron chi connectivity index (χ2n) is 8.12. The van der Waals surface area contributed by atoms with Crippen molar-refractivity contribution in [3.05, 3.63) is 0 Å². The third kappa shape index (κ3) is 6.96. The van der Waals surface area contributed by atoms with Gasteiger partial charge in [0, 0.05) is 20.8 Å². The molecule has 1 saturated heterocycles. The Balaban J connectivity index is 2.84. The van der Waals surface area contributed by atoms with Gasteiger partial charge in [-0.2, -0.15) is 0 Å². The van der Waals surface area contributed by atoms with Gasteiger partial charge >= 0.3 is 5.97 Å². The summed E-state index contributed by atoms with van der Waals surface area (Å²) in [6.45, 7) is 8.31. The number of rotatable bonds is 12. The number of methoxy groups -OCH3 is 2. The largest absolute Gasteiger partial charge is 0.480 e. The van der Waals surface area contributed by atoms with E-state index in [2.05, 4.69) is 26.1 Å². The maximum Gasteiger partial charge on any atom is 0.322 e. The number of carboxylic acid groups (broad SMARTS) is 1. The summed E-state index contributed by atoms with van der Waals surface area (Å²) in [5, 5.41) is 11.2. The lowest BCUT2D eigenvalue weighted by Gasteiger charge is -2.35. The van der Waals surface area contributed by atoms with E-state index in [0.29, 0.717) is 18.9 Å². The minimum absolute atomic E-state index is 0.00898. The average Bonchev–Trinajstić information content (AvgIpc) is 3.18. The molecule has 1 rings (SSSR count). The van der Waals surface area contributed by atoms with Gasteiger partial charge in [0.1, 0.15) is 6.54 Å². The van der Waals surface area contributed by atoms with Crippen LogP contribution in [0.15, 0.2) is 0 Å². The molecule has 0 aliphatic carbocycles. The number of likely N-dealkylation sites (tertiary alicyclic amines) is 1. The monoisotopic (exact) mass is 414 g/mol. The number of aliphatic carboxylic acids is 1. The van der Waals surface area contributed by atoms with Crippen LogP contribution in [0.4, 0.5) is 0 Å². The third-order valence-corrected chi connectivity index (χ3v) is 6.40. The van der Waals surface area contributed by atoms with Gasteiger partial charge in [-0.3, -0.25) is 14.4 Å². The maximum absolute atomic E-state index is 13.1. The molecule has 1 fully saturated rings. The van der Waals surface area contributed by atoms with Gasteiger partial charge in [-0.15, -0.1) is 0 Å². The normalized spacial score (nSPS) is 21.9. The molecular formula is C21H38N2O6. The standard InChI is InChI=1S/C21H38N2O6/c1-7-13(2)14(3)17(28-5)11-18(24)23-10-8-9-16(23)20(29-6)15(4)21(27)22-12-19(25)26/h13-17,20H,7-12H2,1-6H3,(H,22,27)(H,25,26). The quantitative estimate of drug-likeness (QED) is 0.505. The zero-order valence-electron chi connectivity index (χ0n) is 18.6. The first-order valence-electron chi connectivity index (χ1n) is 10.5. The van der Waals surface area contributed by atoms with E-state index in [1.807, 2.05) is 4.90 Å². The Hall–Kier alpha value is -1.67. The van der Waals surface area contributed by atoms with E-state index in [-0.39, 0.29) is 24.0 Å². The number of carboxylic acids is 1. The molecule has 8 nitrogen and oxygen atoms in total. The highest BCUT2D eigenvalue weighted by Crippen LogP contribution is 2.29. The van der Waals surface area contributed by atoms with E-state index in [0.717, 1.165) is 19.3 Å². The second kappa shape index (κ2) is 12.1. The van der Waals surface area contributed by atoms with Crippen LogP contribution in [0.1, 0.15) is 53.4 Å². The molecule has 0 aromatic carbocycles. The number of carbonyl (C=O) groups is 3. The van der Waals surface area contributed by atoms with Crippen molar-refractivity contribution in [2.75, 3.05) is 27.3 Å². The summed E-state index contributed by atoms with van der Waals surface area (Å²) in [7, 11) is 3.17. The van der Waals surface area contributed by atoms with E-state index in [1.165, 1.54) is 7.11 Å². The van der Waals surface area contributed by atoms with Gasteiger partial charge in [0.2, 0.25) is 11.8 Å². The van der Waals surface area contributed by atoms with Gasteiger partial charge in [0.15, 0.2) is 0 Å². The van der Waals surface area contributed by atoms with Crippen molar-refractivity contribution in [2.45, 2.75) is 71.6 Å². The van der Waals surface area contributed by atoms with Gasteiger partial charge < -0.3 is 24.8 Å². The summed E-state index contributed by atoms with van der Waals surface area (Å²) in [4.78, 5) is 37.9. The van der Waals surface area contributed by atoms with Crippen LogP contribution < -0.4 is 5.32 Å². The van der Waals surface area contributed by atoms with Crippen molar-refractivity contribution in [1.29, 1.82) is 0 Å². The van der Waals surface area contributed by atoms with Gasteiger partial charge in [-0.25, -0.2) is 0 Å². The highest BCUT2D eigenvalue weighted by molar-refractivity contribution is 5.83. The van der Waals surface area contributed by atoms with Gasteiger partial charge in [0.25, 0.3) is 0 Å². The number of hydrogen-bond donors (Lipinski definition) is 2. The predicted octanol–water partition coefficient (Wildman–Crippen LogP) is 1.92. The molecule has 0 spiro atoms. The van der Waals surface area contributed by atoms with Crippen LogP contribution >= 0.6 is 0 Å². The van der Waals surface area contributed by atoms with Crippen LogP contribution in [0.5, 0.6) is 0 Å². The van der Waals surface area contributed by atoms with Crippen LogP contribution in [-0.4, -0.2) is 73.3 Å². The summed E-state index contributed by atoms with van der Waals surface area (Å²) in [6, 6.07) is -0.213. The van der Waals surface area contributed by atoms with Crippen LogP contribution in [-0.2, 0) is 23.9 Å². The first-order valence-corrected chi connectivity index (χ1v) is 10.5. The molecule has 1 aliphatic heterocycles. The Morgan fingerprint density at radius 3 is 2.34 bits per heavy atom. The summed E-state index contributed by atoms with van der Waals surface area (Å²) >= 11 is 0. The fourth-order valence-electron chi connectivity index (χ4n) is 4.12. The van der Waals surface area contributed by atoms with Crippen LogP contribution in [0.3, 0.4) is 0 Å². The van der Waals surface area contributed by atoms with Crippen molar-refractivity contribution < 1.29 is 29.0 Å². The minimum atomic E-state index is -1.10. The molecule has 2 amide bonds. The van der Waals surface area contributed by atoms with Crippen molar-refractivity contribution in [3.63, 3.8) is 0 Å². The fraction of sp³-hybridized carbons (Fsp3) is 0.857. The molecule has 0 aromatic rings. The van der Waals surface area contributed by atoms with Crippen molar-refractivity contribution in [2.24, 2.45) is 17.8 Å². The van der Waals surface area contributed by atoms with Crippen molar-refractivity contribution in [3.8, 4) is 0 Å². The molecule has 0 aromatic heterocycles. The summed E-state index contributed by atoms with van der Waals surface area (Å²) in [5.74, 6) is -1.35. The molecule has 1 heterocycles. The molecule has 0 saturated carbocycles. The van der Waals surface area contributed by atoms with E-state index in [4.69, 9.17) is 14.6 Å². The lowest BCUT2D eigenvalue weighted by atomic mass is 9.87. The van der Waals surface area contributed by atoms with Gasteiger partial charge in [-0.05, 0) is 24.7 Å². The summed E-state index contributed by atoms with van der Waals surface area (Å²) in [6.07, 6.45) is 2.27. The zero-order valence-corrected chi connectivity index (χ0v) is 18.6. The number of nitrogens with zero attached hydrogens (tertiary/aromatic N) is 1. The van der Waals surface area contributed by atoms with E-state index < -0.39 is 30.4 Å². The summed E-state index contributed by atoms with van der Waals surface area (Å²) in [5.41, 5.74) is 0. The molecule has 0 bridgehead atoms. The Morgan fingerprint density at radius 1 is 1.17 bits per heavy atom. The maximum atomic E-state index is 13.1. The molecule has 0 radical (unpaired) electrons. The average molecular weight is 415 g/mol. The van der Waals surface area contributed by atoms with Crippen LogP contribution in [0.2, 0.25) is 0 Å². The van der Waals surface area contributed by atoms with E-state index >= 15 is 0 Å². The number of nitrogens with one attached hydrogen (secondary N) is 1. The number of ether oxygens (including phenoxy) is 2. The highest BCUT2D eigenvalue weighted by atomic mass is 16.5. The Kier molecular flexibility index (Phi) is 10.6. The third-order valence-electron chi connectivity index (χ3n) is 6.40. The second-order valence-corrected chi connectivity index (χ2v) is 8.12. The molecule has 168 valence electrons. The topological polar surface area (TPSA) is 105 Å². The van der Waals surface area contributed by atoms with Crippen molar-refractivity contribution in [1.82, 2.24) is 10.2 Å². The molecular weight excluding hydrogens is 376 g/mol. The molecule has 6 unspecified atom stereocenters. The number of carbonyl (C=O) groups excluding carboxylic acids is 2. The lowest BCUT2D eigenvalue weighted by molar-refractivity contribution is -0.143. The van der Waals surface area contributed by atoms with Crippen LogP contribution in [0, 0.1) is 17.8 Å². The first-order chi connectivity index (χ1) is 13.7. The fourth-order valence-corrected chi connectivity index (χ4v) is 4.12. The SMILES string of the molecule is CCC(C)C(C)C(CC(=O)N1CCCC1C(OC)C(C)C(=O)NCC(=O)O)OC. The van der Waals surface area contributed by atoms with Crippen LogP contribution in [0.25, 0.3) is 0 Å². The highest BCUT2D eigenvalue weighted by Gasteiger charge is 2.40. The van der Waals surface area contributed by atoms with E-state index in [9.17, 15) is 14.4 Å². The summed E-state index contributed by atoms with van der Waals surface area (Å²) < 4.78 is 11.2. The Bertz CT molecular complexity index is 555. The van der Waals surface area contributed by atoms with Gasteiger partial charge in [0.05, 0.1) is 30.6 Å². The smallest absolute Gasteiger partial charge is 0.322 e. The van der Waals surface area contributed by atoms with Gasteiger partial charge in [-0.1, -0.05) is 34.1 Å². The molecule has 1 aliphatic rings. The zero-order chi connectivity index (χ0) is 22.1. The molecule has 8 heteroatoms. The van der Waals surface area contributed by atoms with Crippen molar-refractivity contribution >= 4 is 17.8 Å². The first kappa shape index (κ1) is 25.4. The Labute approximate surface area is 174 Å². The van der Waals surface area contributed by atoms with E-state index in [1.54, 1.807) is 14.0 Å². The molecule has 29 heavy (non-hydrogen) atoms. The number of amides is 2. The lowest BCUT2D eigenvalue weighted by Crippen LogP contribution is -2.50.